The molecule has 0 bridgehead atoms. The molecule has 112 valence electrons. The molecule has 2 atom stereocenters. The zero-order chi connectivity index (χ0) is 14.5. The molecule has 1 aromatic rings. The molecule has 1 saturated heterocycles. The average Bonchev–Trinajstić information content (AvgIpc) is 2.89. The third kappa shape index (κ3) is 3.29. The van der Waals surface area contributed by atoms with E-state index in [4.69, 9.17) is 15.2 Å². The van der Waals surface area contributed by atoms with Gasteiger partial charge in [0.15, 0.2) is 11.6 Å². The first-order valence-electron chi connectivity index (χ1n) is 6.96. The molecule has 4 nitrogen and oxygen atoms in total. The molecule has 0 aliphatic carbocycles. The predicted octanol–water partition coefficient (Wildman–Crippen LogP) is 1.80. The summed E-state index contributed by atoms with van der Waals surface area (Å²) >= 11 is 0. The van der Waals surface area contributed by atoms with Gasteiger partial charge < -0.3 is 15.2 Å². The summed E-state index contributed by atoms with van der Waals surface area (Å²) in [5.41, 5.74) is 6.80. The van der Waals surface area contributed by atoms with E-state index in [1.807, 2.05) is 6.07 Å². The van der Waals surface area contributed by atoms with Gasteiger partial charge >= 0.3 is 0 Å². The highest BCUT2D eigenvalue weighted by molar-refractivity contribution is 5.31. The lowest BCUT2D eigenvalue weighted by Gasteiger charge is -2.27. The molecule has 0 radical (unpaired) electrons. The fourth-order valence-corrected chi connectivity index (χ4v) is 2.90. The van der Waals surface area contributed by atoms with Crippen LogP contribution in [0.1, 0.15) is 18.0 Å². The highest BCUT2D eigenvalue weighted by Gasteiger charge is 2.28. The molecule has 0 amide bonds. The lowest BCUT2D eigenvalue weighted by Crippen LogP contribution is -2.32. The molecule has 2 unspecified atom stereocenters. The van der Waals surface area contributed by atoms with Gasteiger partial charge in [0.05, 0.1) is 13.7 Å². The standard InChI is InChI=1S/C15H23FN2O2/c1-19-10-11-5-6-18(9-11)14(8-17)12-3-4-15(20-2)13(16)7-12/h3-4,7,11,14H,5-6,8-10,17H2,1-2H3. The first kappa shape index (κ1) is 15.2. The Labute approximate surface area is 119 Å². The summed E-state index contributed by atoms with van der Waals surface area (Å²) in [7, 11) is 3.19. The van der Waals surface area contributed by atoms with E-state index in [1.165, 1.54) is 13.2 Å². The molecule has 1 aliphatic heterocycles. The maximum Gasteiger partial charge on any atom is 0.165 e. The van der Waals surface area contributed by atoms with Crippen molar-refractivity contribution in [2.75, 3.05) is 40.5 Å². The second-order valence-corrected chi connectivity index (χ2v) is 5.25. The smallest absolute Gasteiger partial charge is 0.165 e. The third-order valence-corrected chi connectivity index (χ3v) is 3.94. The second-order valence-electron chi connectivity index (χ2n) is 5.25. The van der Waals surface area contributed by atoms with Gasteiger partial charge in [0, 0.05) is 26.2 Å². The van der Waals surface area contributed by atoms with Crippen molar-refractivity contribution in [3.63, 3.8) is 0 Å². The number of benzene rings is 1. The van der Waals surface area contributed by atoms with Crippen molar-refractivity contribution in [3.05, 3.63) is 29.6 Å². The fraction of sp³-hybridized carbons (Fsp3) is 0.600. The van der Waals surface area contributed by atoms with E-state index in [9.17, 15) is 4.39 Å². The van der Waals surface area contributed by atoms with Gasteiger partial charge in [-0.25, -0.2) is 4.39 Å². The molecule has 0 saturated carbocycles. The Kier molecular flexibility index (Phi) is 5.34. The van der Waals surface area contributed by atoms with E-state index in [0.717, 1.165) is 31.7 Å². The van der Waals surface area contributed by atoms with Crippen LogP contribution in [0.15, 0.2) is 18.2 Å². The maximum atomic E-state index is 13.8. The molecule has 1 aliphatic rings. The molecular weight excluding hydrogens is 259 g/mol. The van der Waals surface area contributed by atoms with Crippen LogP contribution < -0.4 is 10.5 Å². The minimum Gasteiger partial charge on any atom is -0.494 e. The highest BCUT2D eigenvalue weighted by atomic mass is 19.1. The van der Waals surface area contributed by atoms with Crippen molar-refractivity contribution < 1.29 is 13.9 Å². The van der Waals surface area contributed by atoms with Gasteiger partial charge in [0.25, 0.3) is 0 Å². The highest BCUT2D eigenvalue weighted by Crippen LogP contribution is 2.29. The SMILES string of the molecule is COCC1CCN(C(CN)c2ccc(OC)c(F)c2)C1. The molecule has 5 heteroatoms. The summed E-state index contributed by atoms with van der Waals surface area (Å²) < 4.78 is 24.0. The van der Waals surface area contributed by atoms with E-state index in [2.05, 4.69) is 4.90 Å². The molecular formula is C15H23FN2O2. The average molecular weight is 282 g/mol. The first-order chi connectivity index (χ1) is 9.69. The van der Waals surface area contributed by atoms with Crippen LogP contribution in [0, 0.1) is 11.7 Å². The van der Waals surface area contributed by atoms with Gasteiger partial charge in [0.2, 0.25) is 0 Å². The van der Waals surface area contributed by atoms with Crippen LogP contribution in [0.5, 0.6) is 5.75 Å². The van der Waals surface area contributed by atoms with Gasteiger partial charge in [-0.3, -0.25) is 4.90 Å². The van der Waals surface area contributed by atoms with E-state index < -0.39 is 0 Å². The number of hydrogen-bond acceptors (Lipinski definition) is 4. The van der Waals surface area contributed by atoms with Crippen molar-refractivity contribution in [3.8, 4) is 5.75 Å². The molecule has 0 spiro atoms. The molecule has 1 aromatic carbocycles. The van der Waals surface area contributed by atoms with Crippen LogP contribution in [-0.2, 0) is 4.74 Å². The number of ether oxygens (including phenoxy) is 2. The Morgan fingerprint density at radius 3 is 2.85 bits per heavy atom. The molecule has 2 N–H and O–H groups in total. The van der Waals surface area contributed by atoms with Crippen molar-refractivity contribution in [2.45, 2.75) is 12.5 Å². The van der Waals surface area contributed by atoms with Gasteiger partial charge in [0.1, 0.15) is 0 Å². The summed E-state index contributed by atoms with van der Waals surface area (Å²) in [6, 6.07) is 5.14. The van der Waals surface area contributed by atoms with Gasteiger partial charge in [-0.2, -0.15) is 0 Å². The lowest BCUT2D eigenvalue weighted by molar-refractivity contribution is 0.147. The van der Waals surface area contributed by atoms with E-state index in [0.29, 0.717) is 12.5 Å². The quantitative estimate of drug-likeness (QED) is 0.864. The molecule has 1 fully saturated rings. The van der Waals surface area contributed by atoms with Crippen LogP contribution in [-0.4, -0.2) is 45.4 Å². The normalized spacial score (nSPS) is 21.1. The zero-order valence-corrected chi connectivity index (χ0v) is 12.1. The number of methoxy groups -OCH3 is 2. The van der Waals surface area contributed by atoms with Crippen LogP contribution in [0.25, 0.3) is 0 Å². The first-order valence-corrected chi connectivity index (χ1v) is 6.96. The molecule has 0 aromatic heterocycles. The Morgan fingerprint density at radius 1 is 1.45 bits per heavy atom. The fourth-order valence-electron chi connectivity index (χ4n) is 2.90. The zero-order valence-electron chi connectivity index (χ0n) is 12.1. The summed E-state index contributed by atoms with van der Waals surface area (Å²) in [6.45, 7) is 3.17. The van der Waals surface area contributed by atoms with Crippen molar-refractivity contribution >= 4 is 0 Å². The lowest BCUT2D eigenvalue weighted by atomic mass is 10.0. The van der Waals surface area contributed by atoms with Crippen LogP contribution in [0.4, 0.5) is 4.39 Å². The number of rotatable bonds is 6. The van der Waals surface area contributed by atoms with Crippen molar-refractivity contribution in [1.29, 1.82) is 0 Å². The number of nitrogens with two attached hydrogens (primary N) is 1. The van der Waals surface area contributed by atoms with E-state index in [-0.39, 0.29) is 17.6 Å². The predicted molar refractivity (Wildman–Crippen MR) is 76.3 cm³/mol. The molecule has 1 heterocycles. The Hall–Kier alpha value is -1.17. The maximum absolute atomic E-state index is 13.8. The van der Waals surface area contributed by atoms with Gasteiger partial charge in [-0.15, -0.1) is 0 Å². The van der Waals surface area contributed by atoms with E-state index >= 15 is 0 Å². The van der Waals surface area contributed by atoms with Crippen molar-refractivity contribution in [2.24, 2.45) is 11.7 Å². The summed E-state index contributed by atoms with van der Waals surface area (Å²) in [5, 5.41) is 0. The largest absolute Gasteiger partial charge is 0.494 e. The van der Waals surface area contributed by atoms with Crippen LogP contribution in [0.3, 0.4) is 0 Å². The van der Waals surface area contributed by atoms with Crippen LogP contribution >= 0.6 is 0 Å². The molecule has 20 heavy (non-hydrogen) atoms. The minimum atomic E-state index is -0.337. The topological polar surface area (TPSA) is 47.7 Å². The van der Waals surface area contributed by atoms with Gasteiger partial charge in [-0.1, -0.05) is 6.07 Å². The minimum absolute atomic E-state index is 0.0530. The van der Waals surface area contributed by atoms with Crippen molar-refractivity contribution in [1.82, 2.24) is 4.90 Å². The number of nitrogens with zero attached hydrogens (tertiary/aromatic N) is 1. The number of halogens is 1. The van der Waals surface area contributed by atoms with Crippen LogP contribution in [0.2, 0.25) is 0 Å². The van der Waals surface area contributed by atoms with E-state index in [1.54, 1.807) is 13.2 Å². The Morgan fingerprint density at radius 2 is 2.25 bits per heavy atom. The summed E-state index contributed by atoms with van der Waals surface area (Å²) in [5.74, 6) is 0.469. The molecule has 2 rings (SSSR count). The van der Waals surface area contributed by atoms with Gasteiger partial charge in [-0.05, 0) is 36.6 Å². The second kappa shape index (κ2) is 7.02. The summed E-state index contributed by atoms with van der Waals surface area (Å²) in [4.78, 5) is 2.31. The summed E-state index contributed by atoms with van der Waals surface area (Å²) in [6.07, 6.45) is 1.10. The third-order valence-electron chi connectivity index (χ3n) is 3.94. The Bertz CT molecular complexity index is 442. The monoisotopic (exact) mass is 282 g/mol. The Balaban J connectivity index is 2.10. The number of likely N-dealkylation sites (tertiary alicyclic amines) is 1. The number of hydrogen-bond donors (Lipinski definition) is 1.